The van der Waals surface area contributed by atoms with Crippen molar-refractivity contribution in [1.82, 2.24) is 9.97 Å². The maximum absolute atomic E-state index is 11.3. The highest BCUT2D eigenvalue weighted by Crippen LogP contribution is 2.27. The van der Waals surface area contributed by atoms with Crippen LogP contribution in [0.5, 0.6) is 0 Å². The van der Waals surface area contributed by atoms with Gasteiger partial charge in [-0.3, -0.25) is 9.59 Å². The van der Waals surface area contributed by atoms with Crippen LogP contribution in [-0.4, -0.2) is 21.7 Å². The molecule has 102 valence electrons. The van der Waals surface area contributed by atoms with Gasteiger partial charge in [-0.25, -0.2) is 4.98 Å². The van der Waals surface area contributed by atoms with Crippen LogP contribution in [0.25, 0.3) is 11.3 Å². The summed E-state index contributed by atoms with van der Waals surface area (Å²) in [7, 11) is 0. The Morgan fingerprint density at radius 2 is 2.20 bits per heavy atom. The Labute approximate surface area is 116 Å². The number of rotatable bonds is 3. The summed E-state index contributed by atoms with van der Waals surface area (Å²) < 4.78 is 0. The zero-order chi connectivity index (χ0) is 14.1. The highest BCUT2D eigenvalue weighted by molar-refractivity contribution is 5.94. The Hall–Kier alpha value is -2.43. The van der Waals surface area contributed by atoms with Crippen molar-refractivity contribution < 1.29 is 9.59 Å². The van der Waals surface area contributed by atoms with Gasteiger partial charge in [0.25, 0.3) is 0 Å². The van der Waals surface area contributed by atoms with Crippen LogP contribution in [-0.2, 0) is 22.4 Å². The Balaban J connectivity index is 1.89. The lowest BCUT2D eigenvalue weighted by Crippen LogP contribution is -2.18. The number of benzene rings is 1. The van der Waals surface area contributed by atoms with Crippen molar-refractivity contribution in [2.75, 3.05) is 5.32 Å². The Bertz CT molecular complexity index is 688. The van der Waals surface area contributed by atoms with Crippen LogP contribution >= 0.6 is 0 Å². The lowest BCUT2D eigenvalue weighted by molar-refractivity contribution is -0.117. The largest absolute Gasteiger partial charge is 0.342 e. The SMILES string of the molecule is CC(=O)Cc1ncc(-c2ccc3c(c2)CCC(=O)N3)[nH]1. The normalized spacial score (nSPS) is 13.8. The maximum Gasteiger partial charge on any atom is 0.224 e. The Morgan fingerprint density at radius 1 is 1.35 bits per heavy atom. The van der Waals surface area contributed by atoms with Gasteiger partial charge in [0.15, 0.2) is 0 Å². The molecule has 3 rings (SSSR count). The summed E-state index contributed by atoms with van der Waals surface area (Å²) in [6, 6.07) is 5.91. The number of amides is 1. The number of ketones is 1. The van der Waals surface area contributed by atoms with Crippen molar-refractivity contribution in [2.24, 2.45) is 0 Å². The summed E-state index contributed by atoms with van der Waals surface area (Å²) in [6.07, 6.45) is 3.33. The first kappa shape index (κ1) is 12.6. The van der Waals surface area contributed by atoms with E-state index >= 15 is 0 Å². The molecule has 1 aromatic carbocycles. The summed E-state index contributed by atoms with van der Waals surface area (Å²) in [4.78, 5) is 29.8. The van der Waals surface area contributed by atoms with Crippen molar-refractivity contribution >= 4 is 17.4 Å². The molecule has 0 saturated carbocycles. The smallest absolute Gasteiger partial charge is 0.224 e. The lowest BCUT2D eigenvalue weighted by atomic mass is 9.99. The molecule has 0 fully saturated rings. The van der Waals surface area contributed by atoms with E-state index in [1.165, 1.54) is 0 Å². The minimum atomic E-state index is 0.0653. The first-order chi connectivity index (χ1) is 9.61. The highest BCUT2D eigenvalue weighted by Gasteiger charge is 2.15. The van der Waals surface area contributed by atoms with Gasteiger partial charge < -0.3 is 10.3 Å². The second kappa shape index (κ2) is 4.92. The topological polar surface area (TPSA) is 74.8 Å². The molecule has 2 N–H and O–H groups in total. The molecule has 0 spiro atoms. The molecule has 0 atom stereocenters. The third kappa shape index (κ3) is 2.47. The molecular formula is C15H15N3O2. The number of carbonyl (C=O) groups is 2. The van der Waals surface area contributed by atoms with Crippen molar-refractivity contribution in [3.05, 3.63) is 35.8 Å². The quantitative estimate of drug-likeness (QED) is 0.896. The van der Waals surface area contributed by atoms with Crippen LogP contribution < -0.4 is 5.32 Å². The number of H-pyrrole nitrogens is 1. The predicted molar refractivity (Wildman–Crippen MR) is 75.4 cm³/mol. The third-order valence-corrected chi connectivity index (χ3v) is 3.36. The number of hydrogen-bond donors (Lipinski definition) is 2. The fourth-order valence-corrected chi connectivity index (χ4v) is 2.39. The van der Waals surface area contributed by atoms with Crippen molar-refractivity contribution in [2.45, 2.75) is 26.2 Å². The minimum Gasteiger partial charge on any atom is -0.342 e. The summed E-state index contributed by atoms with van der Waals surface area (Å²) in [6.45, 7) is 1.55. The molecule has 0 bridgehead atoms. The van der Waals surface area contributed by atoms with Crippen LogP contribution in [0, 0.1) is 0 Å². The van der Waals surface area contributed by atoms with Gasteiger partial charge >= 0.3 is 0 Å². The molecule has 0 aliphatic carbocycles. The fourth-order valence-electron chi connectivity index (χ4n) is 2.39. The average Bonchev–Trinajstić information content (AvgIpc) is 2.85. The zero-order valence-corrected chi connectivity index (χ0v) is 11.2. The van der Waals surface area contributed by atoms with E-state index < -0.39 is 0 Å². The van der Waals surface area contributed by atoms with Gasteiger partial charge in [0.1, 0.15) is 11.6 Å². The number of aromatic nitrogens is 2. The second-order valence-corrected chi connectivity index (χ2v) is 5.04. The molecule has 5 nitrogen and oxygen atoms in total. The molecule has 0 radical (unpaired) electrons. The summed E-state index contributed by atoms with van der Waals surface area (Å²) >= 11 is 0. The second-order valence-electron chi connectivity index (χ2n) is 5.04. The molecule has 1 aliphatic heterocycles. The number of imidazole rings is 1. The molecule has 1 aliphatic rings. The number of hydrogen-bond acceptors (Lipinski definition) is 3. The number of nitrogens with one attached hydrogen (secondary N) is 2. The van der Waals surface area contributed by atoms with E-state index in [9.17, 15) is 9.59 Å². The van der Waals surface area contributed by atoms with Gasteiger partial charge in [-0.05, 0) is 36.6 Å². The first-order valence-corrected chi connectivity index (χ1v) is 6.58. The highest BCUT2D eigenvalue weighted by atomic mass is 16.1. The van der Waals surface area contributed by atoms with E-state index in [1.807, 2.05) is 12.1 Å². The van der Waals surface area contributed by atoms with E-state index in [0.717, 1.165) is 28.9 Å². The molecule has 2 heterocycles. The van der Waals surface area contributed by atoms with Crippen LogP contribution in [0.2, 0.25) is 0 Å². The zero-order valence-electron chi connectivity index (χ0n) is 11.2. The standard InChI is InChI=1S/C15H15N3O2/c1-9(19)6-14-16-8-13(17-14)11-2-4-12-10(7-11)3-5-15(20)18-12/h2,4,7-8H,3,5-6H2,1H3,(H,16,17)(H,18,20). The molecular weight excluding hydrogens is 254 g/mol. The van der Waals surface area contributed by atoms with Gasteiger partial charge in [0.2, 0.25) is 5.91 Å². The predicted octanol–water partition coefficient (Wildman–Crippen LogP) is 2.09. The number of fused-ring (bicyclic) bond motifs is 1. The van der Waals surface area contributed by atoms with Crippen LogP contribution in [0.4, 0.5) is 5.69 Å². The van der Waals surface area contributed by atoms with Crippen molar-refractivity contribution in [1.29, 1.82) is 0 Å². The molecule has 1 aromatic heterocycles. The molecule has 5 heteroatoms. The van der Waals surface area contributed by atoms with Crippen LogP contribution in [0.1, 0.15) is 24.7 Å². The molecule has 0 saturated heterocycles. The molecule has 20 heavy (non-hydrogen) atoms. The monoisotopic (exact) mass is 269 g/mol. The first-order valence-electron chi connectivity index (χ1n) is 6.58. The van der Waals surface area contributed by atoms with E-state index in [1.54, 1.807) is 13.1 Å². The summed E-state index contributed by atoms with van der Waals surface area (Å²) in [5.41, 5.74) is 3.92. The van der Waals surface area contributed by atoms with Gasteiger partial charge in [-0.2, -0.15) is 0 Å². The van der Waals surface area contributed by atoms with E-state index in [-0.39, 0.29) is 11.7 Å². The third-order valence-electron chi connectivity index (χ3n) is 3.36. The van der Waals surface area contributed by atoms with Gasteiger partial charge in [-0.1, -0.05) is 6.07 Å². The van der Waals surface area contributed by atoms with Gasteiger partial charge in [0, 0.05) is 12.1 Å². The Morgan fingerprint density at radius 3 is 3.00 bits per heavy atom. The molecule has 0 unspecified atom stereocenters. The number of Topliss-reactive ketones (excluding diaryl/α,β-unsaturated/α-hetero) is 1. The van der Waals surface area contributed by atoms with Gasteiger partial charge in [0.05, 0.1) is 18.3 Å². The summed E-state index contributed by atoms with van der Waals surface area (Å²) in [5, 5.41) is 2.86. The number of aromatic amines is 1. The lowest BCUT2D eigenvalue weighted by Gasteiger charge is -2.17. The molecule has 1 amide bonds. The summed E-state index contributed by atoms with van der Waals surface area (Å²) in [5.74, 6) is 0.827. The van der Waals surface area contributed by atoms with E-state index in [4.69, 9.17) is 0 Å². The Kier molecular flexibility index (Phi) is 3.10. The van der Waals surface area contributed by atoms with Crippen LogP contribution in [0.15, 0.2) is 24.4 Å². The number of anilines is 1. The van der Waals surface area contributed by atoms with Gasteiger partial charge in [-0.15, -0.1) is 0 Å². The van der Waals surface area contributed by atoms with E-state index in [2.05, 4.69) is 21.4 Å². The maximum atomic E-state index is 11.3. The molecule has 2 aromatic rings. The van der Waals surface area contributed by atoms with Crippen molar-refractivity contribution in [3.63, 3.8) is 0 Å². The van der Waals surface area contributed by atoms with E-state index in [0.29, 0.717) is 18.7 Å². The number of carbonyl (C=O) groups excluding carboxylic acids is 2. The van der Waals surface area contributed by atoms with Crippen molar-refractivity contribution in [3.8, 4) is 11.3 Å². The minimum absolute atomic E-state index is 0.0653. The number of nitrogens with zero attached hydrogens (tertiary/aromatic N) is 1. The number of aryl methyl sites for hydroxylation is 1. The fraction of sp³-hybridized carbons (Fsp3) is 0.267. The average molecular weight is 269 g/mol. The van der Waals surface area contributed by atoms with Crippen LogP contribution in [0.3, 0.4) is 0 Å².